The lowest BCUT2D eigenvalue weighted by atomic mass is 10.1. The van der Waals surface area contributed by atoms with Crippen LogP contribution in [0.25, 0.3) is 0 Å². The molecular weight excluding hydrogens is 296 g/mol. The summed E-state index contributed by atoms with van der Waals surface area (Å²) in [4.78, 5) is 24.9. The van der Waals surface area contributed by atoms with Crippen molar-refractivity contribution in [3.05, 3.63) is 60.2 Å². The molecule has 0 bridgehead atoms. The van der Waals surface area contributed by atoms with Gasteiger partial charge in [0.1, 0.15) is 0 Å². The Kier molecular flexibility index (Phi) is 5.61. The minimum absolute atomic E-state index is 0.225. The number of anilines is 1. The van der Waals surface area contributed by atoms with Crippen molar-refractivity contribution in [3.63, 3.8) is 0 Å². The Morgan fingerprint density at radius 2 is 1.73 bits per heavy atom. The molecule has 0 unspecified atom stereocenters. The van der Waals surface area contributed by atoms with E-state index >= 15 is 0 Å². The van der Waals surface area contributed by atoms with E-state index in [1.54, 1.807) is 17.8 Å². The van der Waals surface area contributed by atoms with Crippen LogP contribution in [-0.4, -0.2) is 18.1 Å². The van der Waals surface area contributed by atoms with E-state index in [0.29, 0.717) is 5.69 Å². The smallest absolute Gasteiger partial charge is 0.313 e. The van der Waals surface area contributed by atoms with Crippen LogP contribution >= 0.6 is 11.8 Å². The van der Waals surface area contributed by atoms with E-state index in [2.05, 4.69) is 10.6 Å². The summed E-state index contributed by atoms with van der Waals surface area (Å²) in [7, 11) is 0. The van der Waals surface area contributed by atoms with Gasteiger partial charge in [0.05, 0.1) is 6.04 Å². The Balaban J connectivity index is 1.96. The van der Waals surface area contributed by atoms with Crippen molar-refractivity contribution in [2.45, 2.75) is 17.9 Å². The molecule has 22 heavy (non-hydrogen) atoms. The molecule has 5 heteroatoms. The Labute approximate surface area is 134 Å². The van der Waals surface area contributed by atoms with Crippen LogP contribution in [0.3, 0.4) is 0 Å². The molecule has 0 fully saturated rings. The van der Waals surface area contributed by atoms with Gasteiger partial charge in [-0.05, 0) is 36.9 Å². The van der Waals surface area contributed by atoms with Crippen LogP contribution < -0.4 is 10.6 Å². The van der Waals surface area contributed by atoms with Gasteiger partial charge >= 0.3 is 11.8 Å². The lowest BCUT2D eigenvalue weighted by Crippen LogP contribution is -2.36. The fraction of sp³-hybridized carbons (Fsp3) is 0.176. The number of hydrogen-bond acceptors (Lipinski definition) is 3. The Morgan fingerprint density at radius 3 is 2.41 bits per heavy atom. The first kappa shape index (κ1) is 16.1. The summed E-state index contributed by atoms with van der Waals surface area (Å²) >= 11 is 1.57. The Bertz CT molecular complexity index is 659. The highest BCUT2D eigenvalue weighted by Gasteiger charge is 2.17. The highest BCUT2D eigenvalue weighted by Crippen LogP contribution is 2.19. The van der Waals surface area contributed by atoms with E-state index in [-0.39, 0.29) is 6.04 Å². The quantitative estimate of drug-likeness (QED) is 0.673. The van der Waals surface area contributed by atoms with Gasteiger partial charge in [0.25, 0.3) is 0 Å². The lowest BCUT2D eigenvalue weighted by molar-refractivity contribution is -0.136. The minimum atomic E-state index is -0.666. The minimum Gasteiger partial charge on any atom is -0.341 e. The molecule has 2 amide bonds. The van der Waals surface area contributed by atoms with Crippen molar-refractivity contribution in [3.8, 4) is 0 Å². The second kappa shape index (κ2) is 7.66. The Morgan fingerprint density at radius 1 is 1.00 bits per heavy atom. The first-order chi connectivity index (χ1) is 10.6. The summed E-state index contributed by atoms with van der Waals surface area (Å²) in [6.07, 6.45) is 1.95. The third kappa shape index (κ3) is 4.36. The van der Waals surface area contributed by atoms with Crippen LogP contribution in [0.4, 0.5) is 5.69 Å². The van der Waals surface area contributed by atoms with Crippen LogP contribution in [0.15, 0.2) is 59.5 Å². The summed E-state index contributed by atoms with van der Waals surface area (Å²) in [5, 5.41) is 5.30. The maximum absolute atomic E-state index is 12.0. The molecule has 114 valence electrons. The van der Waals surface area contributed by atoms with E-state index in [1.807, 2.05) is 61.7 Å². The highest BCUT2D eigenvalue weighted by molar-refractivity contribution is 7.98. The molecule has 2 aromatic carbocycles. The van der Waals surface area contributed by atoms with Gasteiger partial charge in [-0.25, -0.2) is 0 Å². The van der Waals surface area contributed by atoms with Gasteiger partial charge in [0, 0.05) is 10.6 Å². The number of hydrogen-bond donors (Lipinski definition) is 2. The molecule has 2 rings (SSSR count). The molecule has 2 aromatic rings. The second-order valence-electron chi connectivity index (χ2n) is 4.79. The molecule has 0 aromatic heterocycles. The molecule has 1 atom stereocenters. The molecule has 0 aliphatic rings. The molecule has 0 heterocycles. The normalized spacial score (nSPS) is 11.5. The number of benzene rings is 2. The van der Waals surface area contributed by atoms with Crippen molar-refractivity contribution < 1.29 is 9.59 Å². The predicted molar refractivity (Wildman–Crippen MR) is 89.9 cm³/mol. The van der Waals surface area contributed by atoms with E-state index in [0.717, 1.165) is 10.5 Å². The zero-order chi connectivity index (χ0) is 15.9. The summed E-state index contributed by atoms with van der Waals surface area (Å²) in [5.74, 6) is -1.31. The van der Waals surface area contributed by atoms with Crippen molar-refractivity contribution in [1.82, 2.24) is 5.32 Å². The number of rotatable bonds is 4. The lowest BCUT2D eigenvalue weighted by Gasteiger charge is -2.14. The molecule has 0 radical (unpaired) electrons. The fourth-order valence-electron chi connectivity index (χ4n) is 1.98. The third-order valence-electron chi connectivity index (χ3n) is 3.18. The number of carbonyl (C=O) groups excluding carboxylic acids is 2. The van der Waals surface area contributed by atoms with Crippen molar-refractivity contribution in [2.75, 3.05) is 11.6 Å². The SMILES string of the molecule is CSc1cccc(NC(=O)C(=O)N[C@@H](C)c2ccccc2)c1. The molecule has 0 aliphatic carbocycles. The molecule has 0 spiro atoms. The molecule has 0 saturated carbocycles. The molecular formula is C17H18N2O2S. The number of thioether (sulfide) groups is 1. The molecule has 4 nitrogen and oxygen atoms in total. The van der Waals surface area contributed by atoms with Crippen molar-refractivity contribution >= 4 is 29.3 Å². The average molecular weight is 314 g/mol. The number of carbonyl (C=O) groups is 2. The largest absolute Gasteiger partial charge is 0.341 e. The van der Waals surface area contributed by atoms with Gasteiger partial charge in [-0.2, -0.15) is 0 Å². The summed E-state index contributed by atoms with van der Waals surface area (Å²) < 4.78 is 0. The van der Waals surface area contributed by atoms with Crippen LogP contribution in [0.1, 0.15) is 18.5 Å². The topological polar surface area (TPSA) is 58.2 Å². The number of amides is 2. The standard InChI is InChI=1S/C17H18N2O2S/c1-12(13-7-4-3-5-8-13)18-16(20)17(21)19-14-9-6-10-15(11-14)22-2/h3-12H,1-2H3,(H,18,20)(H,19,21)/t12-/m0/s1. The van der Waals surface area contributed by atoms with E-state index in [9.17, 15) is 9.59 Å². The van der Waals surface area contributed by atoms with Crippen LogP contribution in [0.5, 0.6) is 0 Å². The maximum atomic E-state index is 12.0. The van der Waals surface area contributed by atoms with Crippen LogP contribution in [-0.2, 0) is 9.59 Å². The zero-order valence-corrected chi connectivity index (χ0v) is 13.3. The van der Waals surface area contributed by atoms with Crippen molar-refractivity contribution in [1.29, 1.82) is 0 Å². The summed E-state index contributed by atoms with van der Waals surface area (Å²) in [5.41, 5.74) is 1.56. The molecule has 0 aliphatic heterocycles. The van der Waals surface area contributed by atoms with Crippen LogP contribution in [0.2, 0.25) is 0 Å². The average Bonchev–Trinajstić information content (AvgIpc) is 2.55. The number of nitrogens with one attached hydrogen (secondary N) is 2. The van der Waals surface area contributed by atoms with E-state index in [4.69, 9.17) is 0 Å². The van der Waals surface area contributed by atoms with Crippen LogP contribution in [0, 0.1) is 0 Å². The monoisotopic (exact) mass is 314 g/mol. The van der Waals surface area contributed by atoms with E-state index < -0.39 is 11.8 Å². The highest BCUT2D eigenvalue weighted by atomic mass is 32.2. The summed E-state index contributed by atoms with van der Waals surface area (Å²) in [6, 6.07) is 16.7. The van der Waals surface area contributed by atoms with Gasteiger partial charge in [0.2, 0.25) is 0 Å². The first-order valence-electron chi connectivity index (χ1n) is 6.91. The van der Waals surface area contributed by atoms with Gasteiger partial charge in [-0.1, -0.05) is 36.4 Å². The molecule has 2 N–H and O–H groups in total. The van der Waals surface area contributed by atoms with Crippen molar-refractivity contribution in [2.24, 2.45) is 0 Å². The maximum Gasteiger partial charge on any atom is 0.313 e. The van der Waals surface area contributed by atoms with E-state index in [1.165, 1.54) is 0 Å². The third-order valence-corrected chi connectivity index (χ3v) is 3.91. The van der Waals surface area contributed by atoms with Gasteiger partial charge in [-0.3, -0.25) is 9.59 Å². The van der Waals surface area contributed by atoms with Gasteiger partial charge in [0.15, 0.2) is 0 Å². The Hall–Kier alpha value is -2.27. The second-order valence-corrected chi connectivity index (χ2v) is 5.67. The van der Waals surface area contributed by atoms with Gasteiger partial charge in [-0.15, -0.1) is 11.8 Å². The predicted octanol–water partition coefficient (Wildman–Crippen LogP) is 3.22. The fourth-order valence-corrected chi connectivity index (χ4v) is 2.44. The van der Waals surface area contributed by atoms with Gasteiger partial charge < -0.3 is 10.6 Å². The first-order valence-corrected chi connectivity index (χ1v) is 8.13. The molecule has 0 saturated heterocycles. The zero-order valence-electron chi connectivity index (χ0n) is 12.5. The summed E-state index contributed by atoms with van der Waals surface area (Å²) in [6.45, 7) is 1.84.